The molecule has 0 unspecified atom stereocenters. The van der Waals surface area contributed by atoms with Crippen LogP contribution in [0.4, 0.5) is 0 Å². The molecule has 0 bridgehead atoms. The van der Waals surface area contributed by atoms with Gasteiger partial charge < -0.3 is 5.21 Å². The summed E-state index contributed by atoms with van der Waals surface area (Å²) in [5.74, 6) is -0.135. The van der Waals surface area contributed by atoms with E-state index in [0.29, 0.717) is 6.42 Å². The molecule has 0 atom stereocenters. The van der Waals surface area contributed by atoms with Crippen LogP contribution in [0.5, 0.6) is 0 Å². The number of carbonyl (C=O) groups is 1. The molecule has 0 amide bonds. The van der Waals surface area contributed by atoms with Gasteiger partial charge in [0.25, 0.3) is 0 Å². The normalized spacial score (nSPS) is 17.6. The van der Waals surface area contributed by atoms with Crippen LogP contribution in [0.25, 0.3) is 0 Å². The minimum atomic E-state index is -0.135. The molecular formula is C11H11NO2. The van der Waals surface area contributed by atoms with Crippen molar-refractivity contribution in [2.45, 2.75) is 20.3 Å². The van der Waals surface area contributed by atoms with Gasteiger partial charge in [-0.1, -0.05) is 17.3 Å². The van der Waals surface area contributed by atoms with Crippen LogP contribution >= 0.6 is 0 Å². The number of carbonyl (C=O) groups excluding carboxylic acids is 1. The standard InChI is InChI=1S/C11H11NO2/c1-6-3-4-7(2)10-8(6)5-9(12-14)11(10)13/h3-4,14H,5H2,1-2H3/b12-9-. The van der Waals surface area contributed by atoms with Gasteiger partial charge in [0.05, 0.1) is 0 Å². The molecule has 0 spiro atoms. The fourth-order valence-electron chi connectivity index (χ4n) is 1.89. The third kappa shape index (κ3) is 1.05. The molecule has 0 saturated heterocycles. The van der Waals surface area contributed by atoms with Crippen LogP contribution in [0.2, 0.25) is 0 Å². The van der Waals surface area contributed by atoms with E-state index in [0.717, 1.165) is 22.3 Å². The Morgan fingerprint density at radius 1 is 1.29 bits per heavy atom. The zero-order chi connectivity index (χ0) is 10.3. The molecule has 0 heterocycles. The second-order valence-electron chi connectivity index (χ2n) is 3.61. The Bertz CT molecular complexity index is 447. The first-order valence-corrected chi connectivity index (χ1v) is 4.50. The van der Waals surface area contributed by atoms with E-state index in [1.807, 2.05) is 26.0 Å². The maximum absolute atomic E-state index is 11.7. The summed E-state index contributed by atoms with van der Waals surface area (Å²) in [5, 5.41) is 11.7. The molecule has 0 aromatic heterocycles. The van der Waals surface area contributed by atoms with E-state index in [1.54, 1.807) is 0 Å². The second-order valence-corrected chi connectivity index (χ2v) is 3.61. The predicted molar refractivity (Wildman–Crippen MR) is 53.2 cm³/mol. The van der Waals surface area contributed by atoms with Gasteiger partial charge >= 0.3 is 0 Å². The van der Waals surface area contributed by atoms with Gasteiger partial charge in [-0.05, 0) is 30.5 Å². The van der Waals surface area contributed by atoms with Gasteiger partial charge in [-0.3, -0.25) is 4.79 Å². The lowest BCUT2D eigenvalue weighted by atomic mass is 10.00. The zero-order valence-corrected chi connectivity index (χ0v) is 8.16. The van der Waals surface area contributed by atoms with E-state index < -0.39 is 0 Å². The summed E-state index contributed by atoms with van der Waals surface area (Å²) in [6.45, 7) is 3.86. The molecule has 0 aliphatic heterocycles. The molecule has 72 valence electrons. The zero-order valence-electron chi connectivity index (χ0n) is 8.16. The van der Waals surface area contributed by atoms with Crippen molar-refractivity contribution in [3.05, 3.63) is 34.4 Å². The highest BCUT2D eigenvalue weighted by Gasteiger charge is 2.29. The maximum Gasteiger partial charge on any atom is 0.211 e. The molecule has 0 fully saturated rings. The van der Waals surface area contributed by atoms with Crippen molar-refractivity contribution < 1.29 is 10.0 Å². The molecule has 14 heavy (non-hydrogen) atoms. The average molecular weight is 189 g/mol. The number of nitrogens with zero attached hydrogens (tertiary/aromatic N) is 1. The Morgan fingerprint density at radius 2 is 1.93 bits per heavy atom. The number of oxime groups is 1. The first kappa shape index (κ1) is 8.94. The third-order valence-electron chi connectivity index (χ3n) is 2.71. The molecule has 0 saturated carbocycles. The molecule has 3 nitrogen and oxygen atoms in total. The first-order valence-electron chi connectivity index (χ1n) is 4.50. The molecule has 3 heteroatoms. The van der Waals surface area contributed by atoms with Crippen LogP contribution in [0.1, 0.15) is 27.0 Å². The number of benzene rings is 1. The van der Waals surface area contributed by atoms with E-state index >= 15 is 0 Å². The van der Waals surface area contributed by atoms with Crippen LogP contribution in [0.15, 0.2) is 17.3 Å². The number of aryl methyl sites for hydroxylation is 2. The minimum absolute atomic E-state index is 0.135. The Labute approximate surface area is 82.1 Å². The molecular weight excluding hydrogens is 178 g/mol. The van der Waals surface area contributed by atoms with Crippen LogP contribution in [0, 0.1) is 13.8 Å². The molecule has 1 aromatic rings. The van der Waals surface area contributed by atoms with Gasteiger partial charge in [-0.2, -0.15) is 0 Å². The monoisotopic (exact) mass is 189 g/mol. The van der Waals surface area contributed by atoms with Gasteiger partial charge in [-0.25, -0.2) is 0 Å². The summed E-state index contributed by atoms with van der Waals surface area (Å²) in [6.07, 6.45) is 0.457. The van der Waals surface area contributed by atoms with E-state index in [1.165, 1.54) is 0 Å². The highest BCUT2D eigenvalue weighted by molar-refractivity contribution is 6.49. The molecule has 0 radical (unpaired) electrons. The number of fused-ring (bicyclic) bond motifs is 1. The molecule has 2 rings (SSSR count). The lowest BCUT2D eigenvalue weighted by molar-refractivity contribution is 0.106. The highest BCUT2D eigenvalue weighted by Crippen LogP contribution is 2.26. The highest BCUT2D eigenvalue weighted by atomic mass is 16.4. The van der Waals surface area contributed by atoms with Gasteiger partial charge in [-0.15, -0.1) is 0 Å². The van der Waals surface area contributed by atoms with Gasteiger partial charge in [0.1, 0.15) is 5.71 Å². The summed E-state index contributed by atoms with van der Waals surface area (Å²) in [7, 11) is 0. The van der Waals surface area contributed by atoms with Crippen molar-refractivity contribution in [1.29, 1.82) is 0 Å². The smallest absolute Gasteiger partial charge is 0.211 e. The van der Waals surface area contributed by atoms with E-state index in [9.17, 15) is 4.79 Å². The van der Waals surface area contributed by atoms with E-state index in [4.69, 9.17) is 5.21 Å². The van der Waals surface area contributed by atoms with E-state index in [2.05, 4.69) is 5.16 Å². The van der Waals surface area contributed by atoms with Crippen molar-refractivity contribution in [1.82, 2.24) is 0 Å². The number of hydrogen-bond acceptors (Lipinski definition) is 3. The molecule has 1 aliphatic carbocycles. The van der Waals surface area contributed by atoms with Crippen molar-refractivity contribution in [3.63, 3.8) is 0 Å². The van der Waals surface area contributed by atoms with Gasteiger partial charge in [0.15, 0.2) is 0 Å². The van der Waals surface area contributed by atoms with Crippen molar-refractivity contribution in [2.75, 3.05) is 0 Å². The Balaban J connectivity index is 2.70. The largest absolute Gasteiger partial charge is 0.411 e. The molecule has 1 N–H and O–H groups in total. The van der Waals surface area contributed by atoms with Gasteiger partial charge in [0, 0.05) is 12.0 Å². The number of rotatable bonds is 0. The average Bonchev–Trinajstić information content (AvgIpc) is 2.51. The summed E-state index contributed by atoms with van der Waals surface area (Å²) < 4.78 is 0. The summed E-state index contributed by atoms with van der Waals surface area (Å²) >= 11 is 0. The van der Waals surface area contributed by atoms with Crippen molar-refractivity contribution in [2.24, 2.45) is 5.16 Å². The SMILES string of the molecule is Cc1ccc(C)c2c1C/C(=N/O)C2=O. The lowest BCUT2D eigenvalue weighted by Crippen LogP contribution is -2.07. The topological polar surface area (TPSA) is 49.7 Å². The van der Waals surface area contributed by atoms with Crippen molar-refractivity contribution >= 4 is 11.5 Å². The Morgan fingerprint density at radius 3 is 2.50 bits per heavy atom. The van der Waals surface area contributed by atoms with Gasteiger partial charge in [0.2, 0.25) is 5.78 Å². The van der Waals surface area contributed by atoms with Crippen LogP contribution in [0.3, 0.4) is 0 Å². The van der Waals surface area contributed by atoms with Crippen LogP contribution in [-0.2, 0) is 6.42 Å². The molecule has 1 aliphatic rings. The lowest BCUT2D eigenvalue weighted by Gasteiger charge is -2.04. The van der Waals surface area contributed by atoms with Crippen LogP contribution in [-0.4, -0.2) is 16.7 Å². The Hall–Kier alpha value is -1.64. The summed E-state index contributed by atoms with van der Waals surface area (Å²) in [5.41, 5.74) is 4.00. The Kier molecular flexibility index (Phi) is 1.88. The number of ketones is 1. The minimum Gasteiger partial charge on any atom is -0.411 e. The summed E-state index contributed by atoms with van der Waals surface area (Å²) in [4.78, 5) is 11.7. The maximum atomic E-state index is 11.7. The van der Waals surface area contributed by atoms with Crippen molar-refractivity contribution in [3.8, 4) is 0 Å². The first-order chi connectivity index (χ1) is 6.65. The molecule has 1 aromatic carbocycles. The third-order valence-corrected chi connectivity index (χ3v) is 2.71. The second kappa shape index (κ2) is 2.94. The quantitative estimate of drug-likeness (QED) is 0.500. The predicted octanol–water partition coefficient (Wildman–Crippen LogP) is 1.87. The number of hydrogen-bond donors (Lipinski definition) is 1. The van der Waals surface area contributed by atoms with Crippen LogP contribution < -0.4 is 0 Å². The van der Waals surface area contributed by atoms with E-state index in [-0.39, 0.29) is 11.5 Å². The summed E-state index contributed by atoms with van der Waals surface area (Å²) in [6, 6.07) is 3.91. The number of Topliss-reactive ketones (excluding diaryl/α,β-unsaturated/α-hetero) is 1. The fraction of sp³-hybridized carbons (Fsp3) is 0.273. The fourth-order valence-corrected chi connectivity index (χ4v) is 1.89.